The minimum absolute atomic E-state index is 0.201. The summed E-state index contributed by atoms with van der Waals surface area (Å²) in [7, 11) is 0. The summed E-state index contributed by atoms with van der Waals surface area (Å²) >= 11 is 0. The number of fused-ring (bicyclic) bond motifs is 1. The molecular formula is C16H19NO. The number of rotatable bonds is 3. The fourth-order valence-corrected chi connectivity index (χ4v) is 1.92. The van der Waals surface area contributed by atoms with Gasteiger partial charge in [-0.15, -0.1) is 0 Å². The van der Waals surface area contributed by atoms with E-state index < -0.39 is 0 Å². The van der Waals surface area contributed by atoms with E-state index in [1.54, 1.807) is 0 Å². The number of Topliss-reactive ketones (excluding diaryl/α,β-unsaturated/α-hetero) is 1. The van der Waals surface area contributed by atoms with Crippen LogP contribution in [-0.2, 0) is 0 Å². The molecule has 0 amide bonds. The fourth-order valence-electron chi connectivity index (χ4n) is 1.92. The third kappa shape index (κ3) is 2.28. The molecule has 94 valence electrons. The number of hydrogen-bond acceptors (Lipinski definition) is 2. The largest absolute Gasteiger partial charge is 0.294 e. The maximum absolute atomic E-state index is 12.4. The minimum atomic E-state index is -0.300. The van der Waals surface area contributed by atoms with E-state index in [4.69, 9.17) is 0 Å². The van der Waals surface area contributed by atoms with Crippen LogP contribution in [0.4, 0.5) is 0 Å². The highest BCUT2D eigenvalue weighted by Crippen LogP contribution is 2.27. The molecule has 0 spiro atoms. The lowest BCUT2D eigenvalue weighted by Crippen LogP contribution is -2.23. The molecule has 0 fully saturated rings. The molecule has 0 aliphatic carbocycles. The Morgan fingerprint density at radius 1 is 1.22 bits per heavy atom. The lowest BCUT2D eigenvalue weighted by atomic mass is 9.82. The average molecular weight is 241 g/mol. The second-order valence-electron chi connectivity index (χ2n) is 5.43. The Bertz CT molecular complexity index is 599. The first-order chi connectivity index (χ1) is 8.44. The highest BCUT2D eigenvalue weighted by atomic mass is 16.1. The fraction of sp³-hybridized carbons (Fsp3) is 0.375. The van der Waals surface area contributed by atoms with E-state index in [-0.39, 0.29) is 11.2 Å². The van der Waals surface area contributed by atoms with Crippen LogP contribution < -0.4 is 0 Å². The summed E-state index contributed by atoms with van der Waals surface area (Å²) in [5.41, 5.74) is 2.42. The van der Waals surface area contributed by atoms with Gasteiger partial charge in [0.1, 0.15) is 0 Å². The number of carbonyl (C=O) groups excluding carboxylic acids is 1. The first-order valence-electron chi connectivity index (χ1n) is 6.36. The van der Waals surface area contributed by atoms with Crippen LogP contribution in [0.3, 0.4) is 0 Å². The van der Waals surface area contributed by atoms with Gasteiger partial charge in [0.15, 0.2) is 5.78 Å². The summed E-state index contributed by atoms with van der Waals surface area (Å²) in [5.74, 6) is 0.201. The van der Waals surface area contributed by atoms with Crippen LogP contribution in [0.15, 0.2) is 30.3 Å². The zero-order valence-electron chi connectivity index (χ0n) is 11.4. The van der Waals surface area contributed by atoms with Gasteiger partial charge in [0.25, 0.3) is 0 Å². The molecule has 0 N–H and O–H groups in total. The SMILES string of the molecule is CCC(C)(C)C(=O)c1ccc2nc(C)ccc2c1. The van der Waals surface area contributed by atoms with Crippen molar-refractivity contribution >= 4 is 16.7 Å². The highest BCUT2D eigenvalue weighted by molar-refractivity contribution is 6.02. The molecule has 1 aromatic carbocycles. The van der Waals surface area contributed by atoms with Crippen molar-refractivity contribution in [2.24, 2.45) is 5.41 Å². The number of hydrogen-bond donors (Lipinski definition) is 0. The summed E-state index contributed by atoms with van der Waals surface area (Å²) in [4.78, 5) is 16.8. The zero-order valence-corrected chi connectivity index (χ0v) is 11.4. The van der Waals surface area contributed by atoms with Crippen LogP contribution >= 0.6 is 0 Å². The van der Waals surface area contributed by atoms with Crippen LogP contribution in [-0.4, -0.2) is 10.8 Å². The van der Waals surface area contributed by atoms with Gasteiger partial charge < -0.3 is 0 Å². The van der Waals surface area contributed by atoms with E-state index in [1.807, 2.05) is 58.0 Å². The van der Waals surface area contributed by atoms with Crippen molar-refractivity contribution in [3.63, 3.8) is 0 Å². The van der Waals surface area contributed by atoms with Gasteiger partial charge in [-0.25, -0.2) is 0 Å². The van der Waals surface area contributed by atoms with Crippen molar-refractivity contribution in [2.75, 3.05) is 0 Å². The molecule has 1 aromatic heterocycles. The monoisotopic (exact) mass is 241 g/mol. The molecule has 0 aliphatic heterocycles. The molecular weight excluding hydrogens is 222 g/mol. The molecule has 2 rings (SSSR count). The van der Waals surface area contributed by atoms with Gasteiger partial charge in [-0.2, -0.15) is 0 Å². The predicted octanol–water partition coefficient (Wildman–Crippen LogP) is 4.16. The number of aromatic nitrogens is 1. The molecule has 0 radical (unpaired) electrons. The van der Waals surface area contributed by atoms with Crippen LogP contribution in [0.5, 0.6) is 0 Å². The van der Waals surface area contributed by atoms with E-state index in [0.29, 0.717) is 0 Å². The van der Waals surface area contributed by atoms with Gasteiger partial charge in [-0.05, 0) is 37.6 Å². The Morgan fingerprint density at radius 2 is 1.94 bits per heavy atom. The molecule has 2 heteroatoms. The van der Waals surface area contributed by atoms with Crippen LogP contribution in [0.1, 0.15) is 43.2 Å². The van der Waals surface area contributed by atoms with Crippen molar-refractivity contribution < 1.29 is 4.79 Å². The Labute approximate surface area is 108 Å². The van der Waals surface area contributed by atoms with Crippen molar-refractivity contribution in [2.45, 2.75) is 34.1 Å². The smallest absolute Gasteiger partial charge is 0.168 e. The number of pyridine rings is 1. The summed E-state index contributed by atoms with van der Waals surface area (Å²) in [6, 6.07) is 9.76. The van der Waals surface area contributed by atoms with E-state index in [2.05, 4.69) is 4.98 Å². The summed E-state index contributed by atoms with van der Waals surface area (Å²) in [6.45, 7) is 8.00. The third-order valence-electron chi connectivity index (χ3n) is 3.59. The summed E-state index contributed by atoms with van der Waals surface area (Å²) < 4.78 is 0. The normalized spacial score (nSPS) is 11.8. The van der Waals surface area contributed by atoms with Gasteiger partial charge in [-0.1, -0.05) is 26.8 Å². The van der Waals surface area contributed by atoms with Gasteiger partial charge >= 0.3 is 0 Å². The standard InChI is InChI=1S/C16H19NO/c1-5-16(3,4)15(18)13-8-9-14-12(10-13)7-6-11(2)17-14/h6-10H,5H2,1-4H3. The lowest BCUT2D eigenvalue weighted by molar-refractivity contribution is 0.0833. The van der Waals surface area contributed by atoms with Crippen molar-refractivity contribution in [3.8, 4) is 0 Å². The van der Waals surface area contributed by atoms with Crippen molar-refractivity contribution in [1.29, 1.82) is 0 Å². The van der Waals surface area contributed by atoms with E-state index in [0.717, 1.165) is 28.6 Å². The number of nitrogens with zero attached hydrogens (tertiary/aromatic N) is 1. The minimum Gasteiger partial charge on any atom is -0.294 e. The van der Waals surface area contributed by atoms with E-state index >= 15 is 0 Å². The number of carbonyl (C=O) groups is 1. The second kappa shape index (κ2) is 4.52. The quantitative estimate of drug-likeness (QED) is 0.755. The second-order valence-corrected chi connectivity index (χ2v) is 5.43. The Morgan fingerprint density at radius 3 is 2.61 bits per heavy atom. The summed E-state index contributed by atoms with van der Waals surface area (Å²) in [5, 5.41) is 1.03. The zero-order chi connectivity index (χ0) is 13.3. The van der Waals surface area contributed by atoms with Gasteiger partial charge in [0, 0.05) is 22.1 Å². The third-order valence-corrected chi connectivity index (χ3v) is 3.59. The number of aryl methyl sites for hydroxylation is 1. The Hall–Kier alpha value is -1.70. The maximum Gasteiger partial charge on any atom is 0.168 e. The van der Waals surface area contributed by atoms with E-state index in [1.165, 1.54) is 0 Å². The summed E-state index contributed by atoms with van der Waals surface area (Å²) in [6.07, 6.45) is 0.843. The lowest BCUT2D eigenvalue weighted by Gasteiger charge is -2.20. The first kappa shape index (κ1) is 12.7. The van der Waals surface area contributed by atoms with Crippen LogP contribution in [0.2, 0.25) is 0 Å². The molecule has 0 atom stereocenters. The predicted molar refractivity (Wildman–Crippen MR) is 74.9 cm³/mol. The van der Waals surface area contributed by atoms with Crippen molar-refractivity contribution in [3.05, 3.63) is 41.6 Å². The highest BCUT2D eigenvalue weighted by Gasteiger charge is 2.26. The molecule has 1 heterocycles. The van der Waals surface area contributed by atoms with E-state index in [9.17, 15) is 4.79 Å². The maximum atomic E-state index is 12.4. The average Bonchev–Trinajstić information content (AvgIpc) is 2.37. The topological polar surface area (TPSA) is 30.0 Å². The molecule has 0 saturated heterocycles. The molecule has 0 unspecified atom stereocenters. The number of benzene rings is 1. The van der Waals surface area contributed by atoms with Crippen LogP contribution in [0.25, 0.3) is 10.9 Å². The van der Waals surface area contributed by atoms with Gasteiger partial charge in [0.05, 0.1) is 5.52 Å². The number of ketones is 1. The Balaban J connectivity index is 2.48. The molecule has 18 heavy (non-hydrogen) atoms. The molecule has 0 bridgehead atoms. The Kier molecular flexibility index (Phi) is 3.20. The van der Waals surface area contributed by atoms with Crippen molar-refractivity contribution in [1.82, 2.24) is 4.98 Å². The molecule has 2 nitrogen and oxygen atoms in total. The van der Waals surface area contributed by atoms with Crippen LogP contribution in [0, 0.1) is 12.3 Å². The molecule has 0 saturated carbocycles. The first-order valence-corrected chi connectivity index (χ1v) is 6.36. The van der Waals surface area contributed by atoms with Gasteiger partial charge in [0.2, 0.25) is 0 Å². The van der Waals surface area contributed by atoms with Gasteiger partial charge in [-0.3, -0.25) is 9.78 Å². The molecule has 0 aliphatic rings. The molecule has 2 aromatic rings.